The van der Waals surface area contributed by atoms with Gasteiger partial charge >= 0.3 is 0 Å². The molecular formula is C17H19N3O. The predicted molar refractivity (Wildman–Crippen MR) is 84.4 cm³/mol. The number of nitrogens with one attached hydrogen (secondary N) is 1. The van der Waals surface area contributed by atoms with Crippen molar-refractivity contribution in [3.8, 4) is 5.75 Å². The summed E-state index contributed by atoms with van der Waals surface area (Å²) in [4.78, 5) is 4.04. The number of hydrogen-bond acceptors (Lipinski definition) is 3. The predicted octanol–water partition coefficient (Wildman–Crippen LogP) is 2.83. The smallest absolute Gasteiger partial charge is 0.123 e. The molecule has 3 rings (SSSR count). The molecule has 0 aliphatic carbocycles. The molecule has 0 radical (unpaired) electrons. The Bertz CT molecular complexity index is 707. The monoisotopic (exact) mass is 281 g/mol. The Hall–Kier alpha value is -2.33. The van der Waals surface area contributed by atoms with Crippen LogP contribution in [0.4, 0.5) is 0 Å². The minimum Gasteiger partial charge on any atom is -0.496 e. The maximum absolute atomic E-state index is 5.50. The molecular weight excluding hydrogens is 262 g/mol. The van der Waals surface area contributed by atoms with Gasteiger partial charge in [-0.3, -0.25) is 0 Å². The van der Waals surface area contributed by atoms with Gasteiger partial charge in [0.2, 0.25) is 0 Å². The number of benzene rings is 2. The maximum Gasteiger partial charge on any atom is 0.123 e. The van der Waals surface area contributed by atoms with Crippen molar-refractivity contribution in [2.75, 3.05) is 13.7 Å². The van der Waals surface area contributed by atoms with E-state index in [1.54, 1.807) is 13.3 Å². The van der Waals surface area contributed by atoms with E-state index in [0.717, 1.165) is 25.4 Å². The molecule has 0 saturated heterocycles. The van der Waals surface area contributed by atoms with Gasteiger partial charge in [0.05, 0.1) is 13.4 Å². The molecule has 0 bridgehead atoms. The highest BCUT2D eigenvalue weighted by Crippen LogP contribution is 2.27. The molecule has 4 nitrogen and oxygen atoms in total. The van der Waals surface area contributed by atoms with Gasteiger partial charge in [-0.05, 0) is 16.8 Å². The summed E-state index contributed by atoms with van der Waals surface area (Å²) in [7, 11) is 1.72. The Morgan fingerprint density at radius 2 is 2.10 bits per heavy atom. The maximum atomic E-state index is 5.50. The van der Waals surface area contributed by atoms with Gasteiger partial charge in [0.1, 0.15) is 5.75 Å². The second kappa shape index (κ2) is 6.41. The van der Waals surface area contributed by atoms with Crippen LogP contribution in [-0.2, 0) is 13.1 Å². The van der Waals surface area contributed by atoms with Gasteiger partial charge in [0, 0.05) is 37.6 Å². The average molecular weight is 281 g/mol. The van der Waals surface area contributed by atoms with Crippen molar-refractivity contribution in [1.82, 2.24) is 14.9 Å². The zero-order valence-corrected chi connectivity index (χ0v) is 12.1. The van der Waals surface area contributed by atoms with Crippen LogP contribution in [0.1, 0.15) is 5.56 Å². The van der Waals surface area contributed by atoms with E-state index in [-0.39, 0.29) is 0 Å². The van der Waals surface area contributed by atoms with Crippen LogP contribution in [0.5, 0.6) is 5.75 Å². The van der Waals surface area contributed by atoms with Gasteiger partial charge in [-0.15, -0.1) is 0 Å². The number of ether oxygens (including phenoxy) is 1. The fourth-order valence-corrected chi connectivity index (χ4v) is 2.53. The van der Waals surface area contributed by atoms with Crippen molar-refractivity contribution in [2.45, 2.75) is 13.1 Å². The molecule has 1 N–H and O–H groups in total. The Morgan fingerprint density at radius 1 is 1.19 bits per heavy atom. The molecule has 1 heterocycles. The first kappa shape index (κ1) is 13.6. The number of aromatic nitrogens is 2. The standard InChI is InChI=1S/C17H19N3O/c1-21-17-7-6-14-4-2-3-5-15(14)16(17)12-18-8-10-20-11-9-19-13-20/h2-7,9,11,13,18H,8,10,12H2,1H3. The Balaban J connectivity index is 1.72. The number of methoxy groups -OCH3 is 1. The van der Waals surface area contributed by atoms with E-state index in [9.17, 15) is 0 Å². The second-order valence-corrected chi connectivity index (χ2v) is 4.94. The second-order valence-electron chi connectivity index (χ2n) is 4.94. The third-order valence-corrected chi connectivity index (χ3v) is 3.63. The summed E-state index contributed by atoms with van der Waals surface area (Å²) in [6, 6.07) is 12.5. The lowest BCUT2D eigenvalue weighted by molar-refractivity contribution is 0.408. The number of rotatable bonds is 6. The quantitative estimate of drug-likeness (QED) is 0.706. The zero-order chi connectivity index (χ0) is 14.5. The SMILES string of the molecule is COc1ccc2ccccc2c1CNCCn1ccnc1. The van der Waals surface area contributed by atoms with Crippen molar-refractivity contribution >= 4 is 10.8 Å². The van der Waals surface area contributed by atoms with Crippen LogP contribution in [0, 0.1) is 0 Å². The van der Waals surface area contributed by atoms with E-state index >= 15 is 0 Å². The molecule has 0 fully saturated rings. The minimum absolute atomic E-state index is 0.791. The molecule has 0 aliphatic rings. The lowest BCUT2D eigenvalue weighted by Crippen LogP contribution is -2.19. The minimum atomic E-state index is 0.791. The highest BCUT2D eigenvalue weighted by Gasteiger charge is 2.07. The molecule has 0 atom stereocenters. The fourth-order valence-electron chi connectivity index (χ4n) is 2.53. The lowest BCUT2D eigenvalue weighted by atomic mass is 10.0. The highest BCUT2D eigenvalue weighted by atomic mass is 16.5. The molecule has 1 aromatic heterocycles. The van der Waals surface area contributed by atoms with Gasteiger partial charge in [0.25, 0.3) is 0 Å². The van der Waals surface area contributed by atoms with E-state index in [0.29, 0.717) is 0 Å². The molecule has 2 aromatic carbocycles. The molecule has 4 heteroatoms. The lowest BCUT2D eigenvalue weighted by Gasteiger charge is -2.13. The first-order valence-electron chi connectivity index (χ1n) is 7.09. The largest absolute Gasteiger partial charge is 0.496 e. The van der Waals surface area contributed by atoms with E-state index in [1.165, 1.54) is 16.3 Å². The highest BCUT2D eigenvalue weighted by molar-refractivity contribution is 5.87. The molecule has 0 unspecified atom stereocenters. The van der Waals surface area contributed by atoms with E-state index in [2.05, 4.69) is 45.2 Å². The van der Waals surface area contributed by atoms with Crippen molar-refractivity contribution in [3.63, 3.8) is 0 Å². The van der Waals surface area contributed by atoms with Crippen molar-refractivity contribution < 1.29 is 4.74 Å². The van der Waals surface area contributed by atoms with Crippen LogP contribution >= 0.6 is 0 Å². The topological polar surface area (TPSA) is 39.1 Å². The fraction of sp³-hybridized carbons (Fsp3) is 0.235. The van der Waals surface area contributed by atoms with E-state index in [1.807, 2.05) is 18.6 Å². The first-order valence-corrected chi connectivity index (χ1v) is 7.09. The molecule has 0 aliphatic heterocycles. The zero-order valence-electron chi connectivity index (χ0n) is 12.1. The third kappa shape index (κ3) is 3.06. The summed E-state index contributed by atoms with van der Waals surface area (Å²) in [5.74, 6) is 0.934. The number of hydrogen-bond donors (Lipinski definition) is 1. The summed E-state index contributed by atoms with van der Waals surface area (Å²) < 4.78 is 7.56. The molecule has 0 spiro atoms. The summed E-state index contributed by atoms with van der Waals surface area (Å²) in [5.41, 5.74) is 1.21. The Morgan fingerprint density at radius 3 is 2.90 bits per heavy atom. The van der Waals surface area contributed by atoms with E-state index < -0.39 is 0 Å². The molecule has 3 aromatic rings. The van der Waals surface area contributed by atoms with Crippen LogP contribution < -0.4 is 10.1 Å². The van der Waals surface area contributed by atoms with Crippen molar-refractivity contribution in [1.29, 1.82) is 0 Å². The van der Waals surface area contributed by atoms with Gasteiger partial charge in [-0.25, -0.2) is 4.98 Å². The summed E-state index contributed by atoms with van der Waals surface area (Å²) in [5, 5.41) is 5.96. The Labute approximate surface area is 124 Å². The van der Waals surface area contributed by atoms with Crippen LogP contribution in [0.15, 0.2) is 55.1 Å². The third-order valence-electron chi connectivity index (χ3n) is 3.63. The van der Waals surface area contributed by atoms with Gasteiger partial charge in [-0.1, -0.05) is 30.3 Å². The Kier molecular flexibility index (Phi) is 4.17. The van der Waals surface area contributed by atoms with Crippen molar-refractivity contribution in [2.24, 2.45) is 0 Å². The molecule has 0 saturated carbocycles. The number of fused-ring (bicyclic) bond motifs is 1. The molecule has 108 valence electrons. The summed E-state index contributed by atoms with van der Waals surface area (Å²) >= 11 is 0. The first-order chi connectivity index (χ1) is 10.4. The molecule has 0 amide bonds. The summed E-state index contributed by atoms with van der Waals surface area (Å²) in [6.45, 7) is 2.59. The van der Waals surface area contributed by atoms with Crippen molar-refractivity contribution in [3.05, 3.63) is 60.7 Å². The summed E-state index contributed by atoms with van der Waals surface area (Å²) in [6.07, 6.45) is 5.61. The van der Waals surface area contributed by atoms with Gasteiger partial charge in [0.15, 0.2) is 0 Å². The van der Waals surface area contributed by atoms with E-state index in [4.69, 9.17) is 4.74 Å². The number of nitrogens with zero attached hydrogens (tertiary/aromatic N) is 2. The normalized spacial score (nSPS) is 10.9. The van der Waals surface area contributed by atoms with Gasteiger partial charge in [-0.2, -0.15) is 0 Å². The van der Waals surface area contributed by atoms with Gasteiger partial charge < -0.3 is 14.6 Å². The van der Waals surface area contributed by atoms with Crippen LogP contribution in [0.3, 0.4) is 0 Å². The number of imidazole rings is 1. The van der Waals surface area contributed by atoms with Crippen LogP contribution in [0.2, 0.25) is 0 Å². The van der Waals surface area contributed by atoms with Crippen LogP contribution in [-0.4, -0.2) is 23.2 Å². The average Bonchev–Trinajstić information content (AvgIpc) is 3.04. The molecule has 21 heavy (non-hydrogen) atoms. The van der Waals surface area contributed by atoms with Crippen LogP contribution in [0.25, 0.3) is 10.8 Å².